The second-order valence-electron chi connectivity index (χ2n) is 4.87. The van der Waals surface area contributed by atoms with E-state index in [0.29, 0.717) is 0 Å². The number of amides is 1. The molecule has 0 spiro atoms. The fourth-order valence-electron chi connectivity index (χ4n) is 2.22. The van der Waals surface area contributed by atoms with Gasteiger partial charge in [-0.05, 0) is 30.5 Å². The van der Waals surface area contributed by atoms with Gasteiger partial charge in [-0.2, -0.15) is 0 Å². The summed E-state index contributed by atoms with van der Waals surface area (Å²) >= 11 is 5.98. The van der Waals surface area contributed by atoms with Gasteiger partial charge in [-0.25, -0.2) is 0 Å². The molecule has 3 heteroatoms. The fraction of sp³-hybridized carbons (Fsp3) is 0.235. The summed E-state index contributed by atoms with van der Waals surface area (Å²) in [5.41, 5.74) is 3.93. The molecule has 2 aromatic rings. The summed E-state index contributed by atoms with van der Waals surface area (Å²) in [6, 6.07) is 15.6. The van der Waals surface area contributed by atoms with E-state index in [-0.39, 0.29) is 17.7 Å². The van der Waals surface area contributed by atoms with Crippen molar-refractivity contribution in [2.75, 3.05) is 11.2 Å². The quantitative estimate of drug-likeness (QED) is 0.836. The molecule has 20 heavy (non-hydrogen) atoms. The normalized spacial score (nSPS) is 11.9. The van der Waals surface area contributed by atoms with Crippen molar-refractivity contribution in [1.29, 1.82) is 0 Å². The van der Waals surface area contributed by atoms with E-state index in [0.717, 1.165) is 22.4 Å². The molecule has 0 aliphatic carbocycles. The molecule has 1 amide bonds. The van der Waals surface area contributed by atoms with Crippen LogP contribution in [-0.4, -0.2) is 11.8 Å². The number of hydrogen-bond acceptors (Lipinski definition) is 1. The average molecular weight is 288 g/mol. The first kappa shape index (κ1) is 14.6. The number of anilines is 1. The number of carbonyl (C=O) groups excluding carboxylic acids is 1. The Bertz CT molecular complexity index is 575. The molecule has 0 bridgehead atoms. The van der Waals surface area contributed by atoms with Crippen molar-refractivity contribution < 1.29 is 4.79 Å². The van der Waals surface area contributed by atoms with Crippen LogP contribution in [0, 0.1) is 13.8 Å². The molecule has 1 unspecified atom stereocenters. The Morgan fingerprint density at radius 2 is 1.65 bits per heavy atom. The van der Waals surface area contributed by atoms with E-state index in [1.807, 2.05) is 62.4 Å². The lowest BCUT2D eigenvalue weighted by atomic mass is 9.99. The van der Waals surface area contributed by atoms with Crippen LogP contribution in [-0.2, 0) is 4.79 Å². The number of hydrogen-bond donors (Lipinski definition) is 1. The molecule has 104 valence electrons. The third kappa shape index (κ3) is 3.20. The number of rotatable bonds is 4. The second kappa shape index (κ2) is 6.58. The first-order valence-corrected chi connectivity index (χ1v) is 7.15. The zero-order chi connectivity index (χ0) is 14.5. The zero-order valence-electron chi connectivity index (χ0n) is 11.7. The predicted octanol–water partition coefficient (Wildman–Crippen LogP) is 4.26. The van der Waals surface area contributed by atoms with Gasteiger partial charge in [-0.3, -0.25) is 4.79 Å². The minimum absolute atomic E-state index is 0.0661. The van der Waals surface area contributed by atoms with Gasteiger partial charge in [0.2, 0.25) is 5.91 Å². The van der Waals surface area contributed by atoms with Gasteiger partial charge in [0.05, 0.1) is 5.92 Å². The van der Waals surface area contributed by atoms with Crippen molar-refractivity contribution in [3.8, 4) is 0 Å². The van der Waals surface area contributed by atoms with Crippen molar-refractivity contribution >= 4 is 23.2 Å². The molecule has 2 nitrogen and oxygen atoms in total. The van der Waals surface area contributed by atoms with Gasteiger partial charge in [0.1, 0.15) is 0 Å². The molecule has 2 rings (SSSR count). The second-order valence-corrected chi connectivity index (χ2v) is 5.18. The van der Waals surface area contributed by atoms with Crippen LogP contribution in [0.2, 0.25) is 0 Å². The third-order valence-corrected chi connectivity index (χ3v) is 3.71. The molecule has 0 saturated carbocycles. The van der Waals surface area contributed by atoms with Gasteiger partial charge in [0.25, 0.3) is 0 Å². The van der Waals surface area contributed by atoms with E-state index in [1.165, 1.54) is 0 Å². The van der Waals surface area contributed by atoms with Crippen LogP contribution in [0.4, 0.5) is 5.69 Å². The molecule has 0 radical (unpaired) electrons. The first-order valence-electron chi connectivity index (χ1n) is 6.61. The summed E-state index contributed by atoms with van der Waals surface area (Å²) in [4.78, 5) is 12.5. The largest absolute Gasteiger partial charge is 0.325 e. The van der Waals surface area contributed by atoms with E-state index >= 15 is 0 Å². The van der Waals surface area contributed by atoms with Crippen molar-refractivity contribution in [2.24, 2.45) is 0 Å². The molecule has 0 aliphatic rings. The standard InChI is InChI=1S/C17H18ClNO/c1-12-7-6-8-13(2)16(12)19-17(20)15(11-18)14-9-4-3-5-10-14/h3-10,15H,11H2,1-2H3,(H,19,20). The summed E-state index contributed by atoms with van der Waals surface area (Å²) in [7, 11) is 0. The average Bonchev–Trinajstić information content (AvgIpc) is 2.45. The van der Waals surface area contributed by atoms with Gasteiger partial charge in [-0.1, -0.05) is 48.5 Å². The van der Waals surface area contributed by atoms with Crippen LogP contribution in [0.25, 0.3) is 0 Å². The van der Waals surface area contributed by atoms with Crippen LogP contribution < -0.4 is 5.32 Å². The Balaban J connectivity index is 2.23. The molecule has 0 aromatic heterocycles. The summed E-state index contributed by atoms with van der Waals surface area (Å²) in [6.45, 7) is 3.97. The first-order chi connectivity index (χ1) is 9.63. The van der Waals surface area contributed by atoms with E-state index in [9.17, 15) is 4.79 Å². The minimum atomic E-state index is -0.336. The van der Waals surface area contributed by atoms with Crippen molar-refractivity contribution in [1.82, 2.24) is 0 Å². The van der Waals surface area contributed by atoms with Gasteiger partial charge >= 0.3 is 0 Å². The lowest BCUT2D eigenvalue weighted by molar-refractivity contribution is -0.117. The van der Waals surface area contributed by atoms with Gasteiger partial charge in [0, 0.05) is 11.6 Å². The smallest absolute Gasteiger partial charge is 0.233 e. The fourth-order valence-corrected chi connectivity index (χ4v) is 2.54. The lowest BCUT2D eigenvalue weighted by Crippen LogP contribution is -2.23. The Kier molecular flexibility index (Phi) is 4.80. The van der Waals surface area contributed by atoms with Crippen molar-refractivity contribution in [2.45, 2.75) is 19.8 Å². The number of halogens is 1. The highest BCUT2D eigenvalue weighted by Gasteiger charge is 2.20. The van der Waals surface area contributed by atoms with E-state index in [2.05, 4.69) is 5.32 Å². The maximum atomic E-state index is 12.5. The molecule has 2 aromatic carbocycles. The van der Waals surface area contributed by atoms with Crippen LogP contribution in [0.5, 0.6) is 0 Å². The maximum Gasteiger partial charge on any atom is 0.233 e. The van der Waals surface area contributed by atoms with Crippen LogP contribution in [0.3, 0.4) is 0 Å². The molecule has 0 saturated heterocycles. The highest BCUT2D eigenvalue weighted by molar-refractivity contribution is 6.20. The number of carbonyl (C=O) groups is 1. The Labute approximate surface area is 124 Å². The number of nitrogens with one attached hydrogen (secondary N) is 1. The summed E-state index contributed by atoms with van der Waals surface area (Å²) in [6.07, 6.45) is 0. The summed E-state index contributed by atoms with van der Waals surface area (Å²) in [5, 5.41) is 3.00. The molecule has 1 N–H and O–H groups in total. The predicted molar refractivity (Wildman–Crippen MR) is 84.4 cm³/mol. The zero-order valence-corrected chi connectivity index (χ0v) is 12.4. The maximum absolute atomic E-state index is 12.5. The van der Waals surface area contributed by atoms with Gasteiger partial charge < -0.3 is 5.32 Å². The third-order valence-electron chi connectivity index (χ3n) is 3.40. The van der Waals surface area contributed by atoms with E-state index < -0.39 is 0 Å². The minimum Gasteiger partial charge on any atom is -0.325 e. The topological polar surface area (TPSA) is 29.1 Å². The van der Waals surface area contributed by atoms with Gasteiger partial charge in [-0.15, -0.1) is 11.6 Å². The number of aryl methyl sites for hydroxylation is 2. The SMILES string of the molecule is Cc1cccc(C)c1NC(=O)C(CCl)c1ccccc1. The summed E-state index contributed by atoms with van der Waals surface area (Å²) in [5.74, 6) is -0.138. The van der Waals surface area contributed by atoms with E-state index in [4.69, 9.17) is 11.6 Å². The van der Waals surface area contributed by atoms with Crippen LogP contribution in [0.1, 0.15) is 22.6 Å². The number of para-hydroxylation sites is 1. The summed E-state index contributed by atoms with van der Waals surface area (Å²) < 4.78 is 0. The Morgan fingerprint density at radius 1 is 1.05 bits per heavy atom. The molecular weight excluding hydrogens is 270 g/mol. The monoisotopic (exact) mass is 287 g/mol. The molecular formula is C17H18ClNO. The molecule has 0 aliphatic heterocycles. The highest BCUT2D eigenvalue weighted by atomic mass is 35.5. The highest BCUT2D eigenvalue weighted by Crippen LogP contribution is 2.23. The Morgan fingerprint density at radius 3 is 2.20 bits per heavy atom. The van der Waals surface area contributed by atoms with Crippen LogP contribution in [0.15, 0.2) is 48.5 Å². The van der Waals surface area contributed by atoms with Gasteiger partial charge in [0.15, 0.2) is 0 Å². The van der Waals surface area contributed by atoms with Crippen LogP contribution >= 0.6 is 11.6 Å². The van der Waals surface area contributed by atoms with Crippen molar-refractivity contribution in [3.05, 3.63) is 65.2 Å². The molecule has 1 atom stereocenters. The van der Waals surface area contributed by atoms with E-state index in [1.54, 1.807) is 0 Å². The Hall–Kier alpha value is -1.80. The van der Waals surface area contributed by atoms with Crippen molar-refractivity contribution in [3.63, 3.8) is 0 Å². The molecule has 0 fully saturated rings. The molecule has 0 heterocycles. The lowest BCUT2D eigenvalue weighted by Gasteiger charge is -2.17. The number of alkyl halides is 1. The number of benzene rings is 2.